The molecule has 2 unspecified atom stereocenters. The van der Waals surface area contributed by atoms with Gasteiger partial charge in [0.15, 0.2) is 0 Å². The average Bonchev–Trinajstić information content (AvgIpc) is 1.91. The van der Waals surface area contributed by atoms with Gasteiger partial charge in [-0.25, -0.2) is 0 Å². The Morgan fingerprint density at radius 1 is 1.00 bits per heavy atom. The van der Waals surface area contributed by atoms with Crippen molar-refractivity contribution in [1.29, 1.82) is 0 Å². The summed E-state index contributed by atoms with van der Waals surface area (Å²) < 4.78 is 0. The molecule has 0 bridgehead atoms. The van der Waals surface area contributed by atoms with Crippen molar-refractivity contribution in [2.45, 2.75) is 17.7 Å². The predicted octanol–water partition coefficient (Wildman–Crippen LogP) is -2.73. The Kier molecular flexibility index (Phi) is 0.695. The summed E-state index contributed by atoms with van der Waals surface area (Å²) in [5, 5.41) is 0. The minimum absolute atomic E-state index is 0.201. The van der Waals surface area contributed by atoms with E-state index < -0.39 is 5.66 Å². The SMILES string of the molecule is NC1C(N)C1(N)N. The molecule has 1 aliphatic rings. The van der Waals surface area contributed by atoms with Crippen LogP contribution < -0.4 is 22.9 Å². The molecule has 0 spiro atoms. The Balaban J connectivity index is 2.52. The topological polar surface area (TPSA) is 104 Å². The van der Waals surface area contributed by atoms with Crippen molar-refractivity contribution in [3.8, 4) is 0 Å². The number of hydrogen-bond donors (Lipinski definition) is 4. The second-order valence-electron chi connectivity index (χ2n) is 2.05. The monoisotopic (exact) mass is 102 g/mol. The molecule has 42 valence electrons. The van der Waals surface area contributed by atoms with E-state index in [-0.39, 0.29) is 12.1 Å². The molecular weight excluding hydrogens is 92.1 g/mol. The molecule has 0 aliphatic heterocycles. The lowest BCUT2D eigenvalue weighted by atomic mass is 10.5. The molecule has 8 N–H and O–H groups in total. The van der Waals surface area contributed by atoms with Gasteiger partial charge in [0.05, 0.1) is 17.7 Å². The van der Waals surface area contributed by atoms with Crippen LogP contribution in [0.15, 0.2) is 0 Å². The highest BCUT2D eigenvalue weighted by Gasteiger charge is 2.55. The first kappa shape index (κ1) is 4.99. The van der Waals surface area contributed by atoms with Crippen molar-refractivity contribution >= 4 is 0 Å². The Morgan fingerprint density at radius 3 is 1.14 bits per heavy atom. The van der Waals surface area contributed by atoms with Crippen molar-refractivity contribution in [3.05, 3.63) is 0 Å². The van der Waals surface area contributed by atoms with Crippen LogP contribution in [0.25, 0.3) is 0 Å². The predicted molar refractivity (Wildman–Crippen MR) is 27.1 cm³/mol. The molecule has 0 aromatic carbocycles. The van der Waals surface area contributed by atoms with E-state index in [1.165, 1.54) is 0 Å². The summed E-state index contributed by atoms with van der Waals surface area (Å²) in [7, 11) is 0. The minimum atomic E-state index is -0.778. The van der Waals surface area contributed by atoms with Gasteiger partial charge in [-0.1, -0.05) is 0 Å². The van der Waals surface area contributed by atoms with Gasteiger partial charge in [-0.2, -0.15) is 0 Å². The number of hydrogen-bond acceptors (Lipinski definition) is 4. The second kappa shape index (κ2) is 0.976. The maximum atomic E-state index is 5.28. The molecule has 1 saturated carbocycles. The average molecular weight is 102 g/mol. The lowest BCUT2D eigenvalue weighted by molar-refractivity contribution is 0.663. The molecule has 0 aromatic rings. The van der Waals surface area contributed by atoms with Gasteiger partial charge in [-0.3, -0.25) is 0 Å². The molecule has 0 heterocycles. The minimum Gasteiger partial charge on any atom is -0.324 e. The fourth-order valence-corrected chi connectivity index (χ4v) is 0.485. The quantitative estimate of drug-likeness (QED) is 0.249. The maximum absolute atomic E-state index is 5.28. The van der Waals surface area contributed by atoms with Gasteiger partial charge in [0.1, 0.15) is 0 Å². The van der Waals surface area contributed by atoms with Crippen LogP contribution in [-0.2, 0) is 0 Å². The molecular formula is C3H10N4. The normalized spacial score (nSPS) is 46.3. The third-order valence-electron chi connectivity index (χ3n) is 1.43. The van der Waals surface area contributed by atoms with Crippen LogP contribution in [0.5, 0.6) is 0 Å². The highest BCUT2D eigenvalue weighted by molar-refractivity contribution is 5.20. The molecule has 7 heavy (non-hydrogen) atoms. The zero-order valence-electron chi connectivity index (χ0n) is 3.96. The summed E-state index contributed by atoms with van der Waals surface area (Å²) in [6, 6.07) is -0.403. The first-order valence-electron chi connectivity index (χ1n) is 2.15. The third-order valence-corrected chi connectivity index (χ3v) is 1.43. The van der Waals surface area contributed by atoms with E-state index in [1.807, 2.05) is 0 Å². The smallest absolute Gasteiger partial charge is 0.0980 e. The van der Waals surface area contributed by atoms with Gasteiger partial charge in [0.2, 0.25) is 0 Å². The fraction of sp³-hybridized carbons (Fsp3) is 1.00. The van der Waals surface area contributed by atoms with E-state index in [9.17, 15) is 0 Å². The Morgan fingerprint density at radius 2 is 1.14 bits per heavy atom. The van der Waals surface area contributed by atoms with Crippen LogP contribution in [0.3, 0.4) is 0 Å². The molecule has 1 fully saturated rings. The lowest BCUT2D eigenvalue weighted by Gasteiger charge is -1.95. The summed E-state index contributed by atoms with van der Waals surface area (Å²) in [5.41, 5.74) is 20.3. The summed E-state index contributed by atoms with van der Waals surface area (Å²) in [4.78, 5) is 0. The second-order valence-corrected chi connectivity index (χ2v) is 2.05. The first-order chi connectivity index (χ1) is 3.07. The standard InChI is InChI=1S/C3H10N4/c4-1-2(5)3(1,6)7/h1-2H,4-7H2. The summed E-state index contributed by atoms with van der Waals surface area (Å²) >= 11 is 0. The van der Waals surface area contributed by atoms with Crippen LogP contribution in [0, 0.1) is 0 Å². The van der Waals surface area contributed by atoms with Gasteiger partial charge in [-0.05, 0) is 0 Å². The van der Waals surface area contributed by atoms with Crippen molar-refractivity contribution in [3.63, 3.8) is 0 Å². The van der Waals surface area contributed by atoms with Crippen LogP contribution in [-0.4, -0.2) is 17.7 Å². The molecule has 0 aromatic heterocycles. The Bertz CT molecular complexity index is 78.9. The Labute approximate surface area is 41.8 Å². The zero-order valence-corrected chi connectivity index (χ0v) is 3.96. The van der Waals surface area contributed by atoms with E-state index in [4.69, 9.17) is 22.9 Å². The largest absolute Gasteiger partial charge is 0.324 e. The van der Waals surface area contributed by atoms with E-state index in [0.29, 0.717) is 0 Å². The lowest BCUT2D eigenvalue weighted by Crippen LogP contribution is -2.42. The number of rotatable bonds is 0. The zero-order chi connectivity index (χ0) is 5.65. The highest BCUT2D eigenvalue weighted by Crippen LogP contribution is 2.22. The van der Waals surface area contributed by atoms with Crippen molar-refractivity contribution in [1.82, 2.24) is 0 Å². The van der Waals surface area contributed by atoms with E-state index in [2.05, 4.69) is 0 Å². The summed E-state index contributed by atoms with van der Waals surface area (Å²) in [5.74, 6) is 0. The van der Waals surface area contributed by atoms with Crippen molar-refractivity contribution in [2.24, 2.45) is 22.9 Å². The summed E-state index contributed by atoms with van der Waals surface area (Å²) in [6.07, 6.45) is 0. The highest BCUT2D eigenvalue weighted by atomic mass is 15.2. The van der Waals surface area contributed by atoms with Crippen LogP contribution in [0.2, 0.25) is 0 Å². The van der Waals surface area contributed by atoms with Crippen LogP contribution in [0.1, 0.15) is 0 Å². The summed E-state index contributed by atoms with van der Waals surface area (Å²) in [6.45, 7) is 0. The number of nitrogens with two attached hydrogens (primary N) is 4. The first-order valence-corrected chi connectivity index (χ1v) is 2.15. The van der Waals surface area contributed by atoms with Crippen molar-refractivity contribution < 1.29 is 0 Å². The molecule has 1 rings (SSSR count). The van der Waals surface area contributed by atoms with Gasteiger partial charge >= 0.3 is 0 Å². The van der Waals surface area contributed by atoms with E-state index in [0.717, 1.165) is 0 Å². The van der Waals surface area contributed by atoms with Gasteiger partial charge < -0.3 is 22.9 Å². The molecule has 0 radical (unpaired) electrons. The molecule has 0 amide bonds. The molecule has 4 nitrogen and oxygen atoms in total. The van der Waals surface area contributed by atoms with Gasteiger partial charge in [0, 0.05) is 0 Å². The van der Waals surface area contributed by atoms with Crippen LogP contribution >= 0.6 is 0 Å². The molecule has 1 aliphatic carbocycles. The van der Waals surface area contributed by atoms with Crippen molar-refractivity contribution in [2.75, 3.05) is 0 Å². The van der Waals surface area contributed by atoms with E-state index >= 15 is 0 Å². The third kappa shape index (κ3) is 0.450. The molecule has 2 atom stereocenters. The fourth-order valence-electron chi connectivity index (χ4n) is 0.485. The maximum Gasteiger partial charge on any atom is 0.0980 e. The van der Waals surface area contributed by atoms with Crippen LogP contribution in [0.4, 0.5) is 0 Å². The Hall–Kier alpha value is -0.160. The van der Waals surface area contributed by atoms with Gasteiger partial charge in [0.25, 0.3) is 0 Å². The molecule has 4 heteroatoms. The van der Waals surface area contributed by atoms with E-state index in [1.54, 1.807) is 0 Å². The van der Waals surface area contributed by atoms with Gasteiger partial charge in [-0.15, -0.1) is 0 Å². The molecule has 0 saturated heterocycles.